The second-order valence-corrected chi connectivity index (χ2v) is 13.5. The molecule has 0 aliphatic carbocycles. The van der Waals surface area contributed by atoms with E-state index in [-0.39, 0.29) is 17.1 Å². The third-order valence-corrected chi connectivity index (χ3v) is 7.56. The Morgan fingerprint density at radius 1 is 0.643 bits per heavy atom. The van der Waals surface area contributed by atoms with Gasteiger partial charge in [0.05, 0.1) is 34.5 Å². The van der Waals surface area contributed by atoms with E-state index in [4.69, 9.17) is 52.6 Å². The van der Waals surface area contributed by atoms with Crippen LogP contribution in [0.3, 0.4) is 0 Å². The zero-order valence-electron chi connectivity index (χ0n) is 28.8. The minimum atomic E-state index is -6.09. The molecule has 1 radical (unpaired) electrons. The SMILES string of the molecule is CC#N.Nc1cccc(-c2cccc(CN(Cc3ccccn3)Cc3cccc(-c4cccc(N)c4)n3)n2)c1.O=S(=O)([O-])C(F)(F)F.O=S(=O)([O-])C(F)(F)F.[Fe+3]. The number of benzene rings is 2. The Balaban J connectivity index is 0.000000652. The van der Waals surface area contributed by atoms with Gasteiger partial charge in [-0.05, 0) is 60.7 Å². The number of hydrogen-bond acceptors (Lipinski definition) is 13. The molecule has 0 spiro atoms. The van der Waals surface area contributed by atoms with Gasteiger partial charge in [-0.25, -0.2) is 16.8 Å². The Kier molecular flexibility index (Phi) is 19.0. The van der Waals surface area contributed by atoms with Crippen LogP contribution in [-0.2, 0) is 56.9 Å². The average Bonchev–Trinajstić information content (AvgIpc) is 3.08. The zero-order chi connectivity index (χ0) is 41.5. The predicted molar refractivity (Wildman–Crippen MR) is 188 cm³/mol. The monoisotopic (exact) mass is 867 g/mol. The molecule has 13 nitrogen and oxygen atoms in total. The van der Waals surface area contributed by atoms with Gasteiger partial charge in [0.15, 0.2) is 20.2 Å². The van der Waals surface area contributed by atoms with Crippen molar-refractivity contribution in [1.29, 1.82) is 5.26 Å². The first-order valence-corrected chi connectivity index (χ1v) is 18.0. The van der Waals surface area contributed by atoms with Crippen molar-refractivity contribution < 1.29 is 69.4 Å². The number of alkyl halides is 6. The number of rotatable bonds is 8. The van der Waals surface area contributed by atoms with E-state index in [1.54, 1.807) is 6.07 Å². The molecule has 56 heavy (non-hydrogen) atoms. The molecule has 299 valence electrons. The fraction of sp³-hybridized carbons (Fsp3) is 0.176. The molecule has 0 atom stereocenters. The Morgan fingerprint density at radius 3 is 1.30 bits per heavy atom. The summed E-state index contributed by atoms with van der Waals surface area (Å²) < 4.78 is 118. The smallest absolute Gasteiger partial charge is 0.741 e. The van der Waals surface area contributed by atoms with Crippen molar-refractivity contribution in [2.45, 2.75) is 37.6 Å². The third kappa shape index (κ3) is 17.1. The summed E-state index contributed by atoms with van der Waals surface area (Å²) in [5.41, 5.74) is 8.89. The number of aromatic nitrogens is 3. The molecular weight excluding hydrogens is 836 g/mol. The summed E-state index contributed by atoms with van der Waals surface area (Å²) >= 11 is 0. The van der Waals surface area contributed by atoms with Crippen LogP contribution < -0.4 is 11.5 Å². The van der Waals surface area contributed by atoms with Crippen LogP contribution in [0.1, 0.15) is 24.0 Å². The van der Waals surface area contributed by atoms with Crippen molar-refractivity contribution in [3.05, 3.63) is 126 Å². The van der Waals surface area contributed by atoms with E-state index in [0.29, 0.717) is 19.6 Å². The molecule has 0 aliphatic heterocycles. The fourth-order valence-electron chi connectivity index (χ4n) is 4.20. The molecule has 4 N–H and O–H groups in total. The van der Waals surface area contributed by atoms with Gasteiger partial charge in [0, 0.05) is 55.3 Å². The van der Waals surface area contributed by atoms with Crippen LogP contribution in [0.4, 0.5) is 37.7 Å². The molecule has 0 aliphatic rings. The number of halogens is 6. The van der Waals surface area contributed by atoms with Crippen LogP contribution in [0.15, 0.2) is 109 Å². The maximum Gasteiger partial charge on any atom is 3.00 e. The minimum Gasteiger partial charge on any atom is -0.741 e. The zero-order valence-corrected chi connectivity index (χ0v) is 31.5. The number of anilines is 2. The first-order valence-electron chi connectivity index (χ1n) is 15.1. The van der Waals surface area contributed by atoms with Gasteiger partial charge in [-0.15, -0.1) is 0 Å². The number of nitriles is 1. The van der Waals surface area contributed by atoms with Gasteiger partial charge in [-0.3, -0.25) is 19.9 Å². The molecule has 3 heterocycles. The van der Waals surface area contributed by atoms with Gasteiger partial charge in [-0.2, -0.15) is 31.6 Å². The molecule has 0 fully saturated rings. The average molecular weight is 868 g/mol. The summed E-state index contributed by atoms with van der Waals surface area (Å²) in [6, 6.07) is 35.6. The van der Waals surface area contributed by atoms with Gasteiger partial charge in [0.2, 0.25) is 0 Å². The molecule has 5 rings (SSSR count). The van der Waals surface area contributed by atoms with Crippen LogP contribution in [0.2, 0.25) is 0 Å². The first kappa shape index (κ1) is 48.9. The van der Waals surface area contributed by atoms with Crippen LogP contribution in [-0.4, -0.2) is 56.8 Å². The van der Waals surface area contributed by atoms with E-state index in [2.05, 4.69) is 22.0 Å². The minimum absolute atomic E-state index is 0. The first-order chi connectivity index (χ1) is 25.5. The van der Waals surface area contributed by atoms with Gasteiger partial charge >= 0.3 is 28.1 Å². The van der Waals surface area contributed by atoms with Crippen molar-refractivity contribution in [3.63, 3.8) is 0 Å². The van der Waals surface area contributed by atoms with Crippen molar-refractivity contribution >= 4 is 31.6 Å². The maximum atomic E-state index is 10.7. The van der Waals surface area contributed by atoms with E-state index in [9.17, 15) is 26.3 Å². The molecule has 0 bridgehead atoms. The summed E-state index contributed by atoms with van der Waals surface area (Å²) in [7, 11) is -12.2. The van der Waals surface area contributed by atoms with Gasteiger partial charge in [0.1, 0.15) is 0 Å². The molecule has 0 saturated heterocycles. The van der Waals surface area contributed by atoms with Crippen LogP contribution in [0, 0.1) is 11.3 Å². The second-order valence-electron chi connectivity index (χ2n) is 10.8. The number of nitrogen functional groups attached to an aromatic ring is 2. The van der Waals surface area contributed by atoms with Crippen molar-refractivity contribution in [1.82, 2.24) is 19.9 Å². The number of pyridine rings is 3. The van der Waals surface area contributed by atoms with E-state index < -0.39 is 31.3 Å². The number of nitrogens with zero attached hydrogens (tertiary/aromatic N) is 5. The molecule has 2 aromatic carbocycles. The van der Waals surface area contributed by atoms with Crippen LogP contribution in [0.5, 0.6) is 0 Å². The van der Waals surface area contributed by atoms with E-state index in [1.165, 1.54) is 6.92 Å². The van der Waals surface area contributed by atoms with E-state index in [1.807, 2.05) is 97.2 Å². The quantitative estimate of drug-likeness (QED) is 0.0582. The van der Waals surface area contributed by atoms with Crippen molar-refractivity contribution in [2.75, 3.05) is 11.5 Å². The summed E-state index contributed by atoms with van der Waals surface area (Å²) in [6.45, 7) is 3.41. The number of hydrogen-bond donors (Lipinski definition) is 2. The van der Waals surface area contributed by atoms with Crippen molar-refractivity contribution in [2.24, 2.45) is 0 Å². The Labute approximate surface area is 329 Å². The topological polar surface area (TPSA) is 232 Å². The largest absolute Gasteiger partial charge is 3.00 e. The molecule has 5 aromatic rings. The normalized spacial score (nSPS) is 11.2. The van der Waals surface area contributed by atoms with Crippen LogP contribution >= 0.6 is 0 Å². The summed E-state index contributed by atoms with van der Waals surface area (Å²) in [5.74, 6) is 0. The summed E-state index contributed by atoms with van der Waals surface area (Å²) in [4.78, 5) is 16.7. The van der Waals surface area contributed by atoms with Gasteiger partial charge in [0.25, 0.3) is 0 Å². The number of nitrogens with two attached hydrogens (primary N) is 2. The fourth-order valence-corrected chi connectivity index (χ4v) is 4.20. The Morgan fingerprint density at radius 2 is 0.982 bits per heavy atom. The molecule has 0 saturated carbocycles. The van der Waals surface area contributed by atoms with Gasteiger partial charge < -0.3 is 20.6 Å². The molecular formula is C34H31F6FeN7O6S2+. The van der Waals surface area contributed by atoms with Gasteiger partial charge in [-0.1, -0.05) is 42.5 Å². The summed E-state index contributed by atoms with van der Waals surface area (Å²) in [6.07, 6.45) is 1.82. The molecule has 0 unspecified atom stereocenters. The predicted octanol–water partition coefficient (Wildman–Crippen LogP) is 6.20. The molecule has 0 amide bonds. The van der Waals surface area contributed by atoms with E-state index in [0.717, 1.165) is 51.0 Å². The second kappa shape index (κ2) is 21.8. The van der Waals surface area contributed by atoms with Crippen LogP contribution in [0.25, 0.3) is 22.5 Å². The standard InChI is InChI=1S/C30H28N6.C2H3N.2CHF3O3S.Fe/c31-24-9-3-7-22(17-24)29-14-5-12-27(34-29)20-36(19-26-11-1-2-16-33-26)21-28-13-6-15-30(35-28)23-8-4-10-25(32)18-23;1-2-3;2*2-1(3,4)8(5,6)7;/h1-18H,19-21,31-32H2;1H3;2*(H,5,6,7);/q;;;;+3/p-2. The molecule has 22 heteroatoms. The molecule has 3 aromatic heterocycles. The Bertz CT molecular complexity index is 2130. The maximum absolute atomic E-state index is 10.7. The van der Waals surface area contributed by atoms with Crippen molar-refractivity contribution in [3.8, 4) is 28.6 Å². The van der Waals surface area contributed by atoms with E-state index >= 15 is 0 Å². The third-order valence-electron chi connectivity index (χ3n) is 6.43. The summed E-state index contributed by atoms with van der Waals surface area (Å²) in [5, 5.41) is 7.32. The Hall–Kier alpha value is -5.14.